The molecule has 0 fully saturated rings. The fourth-order valence-corrected chi connectivity index (χ4v) is 1.99. The molecule has 1 aromatic carbocycles. The van der Waals surface area contributed by atoms with Crippen LogP contribution in [-0.2, 0) is 0 Å². The summed E-state index contributed by atoms with van der Waals surface area (Å²) in [6.45, 7) is 7.36. The van der Waals surface area contributed by atoms with E-state index in [4.69, 9.17) is 5.73 Å². The maximum absolute atomic E-state index is 5.78. The molecule has 3 N–H and O–H groups in total. The molecule has 0 bridgehead atoms. The van der Waals surface area contributed by atoms with Gasteiger partial charge >= 0.3 is 0 Å². The lowest BCUT2D eigenvalue weighted by molar-refractivity contribution is 0.390. The molecule has 0 unspecified atom stereocenters. The molecular weight excluding hydrogens is 196 g/mol. The number of nitrogens with one attached hydrogen (secondary N) is 1. The van der Waals surface area contributed by atoms with Gasteiger partial charge in [-0.2, -0.15) is 0 Å². The first kappa shape index (κ1) is 13.2. The van der Waals surface area contributed by atoms with E-state index in [1.54, 1.807) is 0 Å². The second-order valence-corrected chi connectivity index (χ2v) is 4.86. The third kappa shape index (κ3) is 4.33. The van der Waals surface area contributed by atoms with Crippen molar-refractivity contribution in [1.29, 1.82) is 0 Å². The van der Waals surface area contributed by atoms with Gasteiger partial charge in [0.15, 0.2) is 0 Å². The molecule has 1 aromatic rings. The Hall–Kier alpha value is -0.860. The Morgan fingerprint density at radius 2 is 1.75 bits per heavy atom. The summed E-state index contributed by atoms with van der Waals surface area (Å²) in [6.07, 6.45) is 1.13. The van der Waals surface area contributed by atoms with Crippen LogP contribution in [0.3, 0.4) is 0 Å². The van der Waals surface area contributed by atoms with Crippen LogP contribution in [-0.4, -0.2) is 12.6 Å². The Labute approximate surface area is 99.2 Å². The van der Waals surface area contributed by atoms with Crippen LogP contribution in [0.5, 0.6) is 0 Å². The van der Waals surface area contributed by atoms with Gasteiger partial charge in [-0.1, -0.05) is 44.2 Å². The summed E-state index contributed by atoms with van der Waals surface area (Å²) < 4.78 is 0. The van der Waals surface area contributed by atoms with Crippen LogP contribution in [0.15, 0.2) is 30.3 Å². The van der Waals surface area contributed by atoms with Crippen LogP contribution in [0.25, 0.3) is 0 Å². The summed E-state index contributed by atoms with van der Waals surface area (Å²) in [6, 6.07) is 11.3. The van der Waals surface area contributed by atoms with Crippen LogP contribution in [0.1, 0.15) is 38.8 Å². The number of rotatable bonds is 6. The molecular formula is C14H24N2. The third-order valence-corrected chi connectivity index (χ3v) is 2.83. The van der Waals surface area contributed by atoms with Crippen molar-refractivity contribution in [3.8, 4) is 0 Å². The molecule has 0 radical (unpaired) electrons. The minimum Gasteiger partial charge on any atom is -0.329 e. The zero-order chi connectivity index (χ0) is 12.0. The third-order valence-electron chi connectivity index (χ3n) is 2.83. The summed E-state index contributed by atoms with van der Waals surface area (Å²) in [5, 5.41) is 3.59. The fourth-order valence-electron chi connectivity index (χ4n) is 1.99. The minimum absolute atomic E-state index is 0.369. The molecule has 2 atom stereocenters. The maximum atomic E-state index is 5.78. The van der Waals surface area contributed by atoms with Gasteiger partial charge in [0.25, 0.3) is 0 Å². The number of hydrogen-bond acceptors (Lipinski definition) is 2. The molecule has 0 aliphatic carbocycles. The van der Waals surface area contributed by atoms with Crippen molar-refractivity contribution in [2.24, 2.45) is 11.7 Å². The molecule has 0 amide bonds. The summed E-state index contributed by atoms with van der Waals surface area (Å²) in [5.41, 5.74) is 7.11. The second-order valence-electron chi connectivity index (χ2n) is 4.86. The van der Waals surface area contributed by atoms with Crippen molar-refractivity contribution in [3.63, 3.8) is 0 Å². The van der Waals surface area contributed by atoms with Gasteiger partial charge in [-0.25, -0.2) is 0 Å². The Bertz CT molecular complexity index is 282. The largest absolute Gasteiger partial charge is 0.329 e. The Kier molecular flexibility index (Phi) is 5.50. The Morgan fingerprint density at radius 3 is 2.25 bits per heavy atom. The SMILES string of the molecule is CC(C)C[C@H](CN)N[C@H](C)c1ccccc1. The van der Waals surface area contributed by atoms with E-state index in [2.05, 4.69) is 50.4 Å². The molecule has 0 saturated heterocycles. The van der Waals surface area contributed by atoms with E-state index in [1.165, 1.54) is 5.56 Å². The van der Waals surface area contributed by atoms with Crippen molar-refractivity contribution in [2.45, 2.75) is 39.3 Å². The van der Waals surface area contributed by atoms with Crippen molar-refractivity contribution in [2.75, 3.05) is 6.54 Å². The van der Waals surface area contributed by atoms with Gasteiger partial charge in [0.05, 0.1) is 0 Å². The van der Waals surface area contributed by atoms with Gasteiger partial charge in [-0.05, 0) is 24.8 Å². The topological polar surface area (TPSA) is 38.0 Å². The molecule has 2 heteroatoms. The zero-order valence-electron chi connectivity index (χ0n) is 10.6. The fraction of sp³-hybridized carbons (Fsp3) is 0.571. The standard InChI is InChI=1S/C14H24N2/c1-11(2)9-14(10-15)16-12(3)13-7-5-4-6-8-13/h4-8,11-12,14,16H,9-10,15H2,1-3H3/t12-,14-/m1/s1. The van der Waals surface area contributed by atoms with Gasteiger partial charge in [-0.3, -0.25) is 0 Å². The first-order valence-electron chi connectivity index (χ1n) is 6.14. The van der Waals surface area contributed by atoms with Crippen LogP contribution < -0.4 is 11.1 Å². The Morgan fingerprint density at radius 1 is 1.12 bits per heavy atom. The molecule has 0 spiro atoms. The van der Waals surface area contributed by atoms with Gasteiger partial charge in [0.1, 0.15) is 0 Å². The molecule has 1 rings (SSSR count). The minimum atomic E-state index is 0.369. The number of hydrogen-bond donors (Lipinski definition) is 2. The predicted octanol–water partition coefficient (Wildman–Crippen LogP) is 2.71. The highest BCUT2D eigenvalue weighted by Crippen LogP contribution is 2.14. The average Bonchev–Trinajstić information content (AvgIpc) is 2.28. The average molecular weight is 220 g/mol. The van der Waals surface area contributed by atoms with Crippen molar-refractivity contribution < 1.29 is 0 Å². The molecule has 0 aromatic heterocycles. The molecule has 2 nitrogen and oxygen atoms in total. The monoisotopic (exact) mass is 220 g/mol. The van der Waals surface area contributed by atoms with Gasteiger partial charge in [0.2, 0.25) is 0 Å². The quantitative estimate of drug-likeness (QED) is 0.773. The molecule has 0 saturated carbocycles. The number of benzene rings is 1. The summed E-state index contributed by atoms with van der Waals surface area (Å²) in [7, 11) is 0. The van der Waals surface area contributed by atoms with Gasteiger partial charge in [0, 0.05) is 18.6 Å². The molecule has 16 heavy (non-hydrogen) atoms. The second kappa shape index (κ2) is 6.66. The van der Waals surface area contributed by atoms with E-state index >= 15 is 0 Å². The highest BCUT2D eigenvalue weighted by Gasteiger charge is 2.12. The zero-order valence-corrected chi connectivity index (χ0v) is 10.6. The number of nitrogens with two attached hydrogens (primary N) is 1. The van der Waals surface area contributed by atoms with E-state index in [-0.39, 0.29) is 0 Å². The molecule has 0 aliphatic heterocycles. The summed E-state index contributed by atoms with van der Waals surface area (Å²) >= 11 is 0. The summed E-state index contributed by atoms with van der Waals surface area (Å²) in [5.74, 6) is 0.684. The molecule has 0 heterocycles. The van der Waals surface area contributed by atoms with E-state index in [0.29, 0.717) is 24.5 Å². The van der Waals surface area contributed by atoms with Crippen molar-refractivity contribution >= 4 is 0 Å². The Balaban J connectivity index is 2.52. The van der Waals surface area contributed by atoms with Crippen LogP contribution in [0, 0.1) is 5.92 Å². The maximum Gasteiger partial charge on any atom is 0.0294 e. The van der Waals surface area contributed by atoms with Crippen LogP contribution >= 0.6 is 0 Å². The van der Waals surface area contributed by atoms with E-state index in [0.717, 1.165) is 6.42 Å². The van der Waals surface area contributed by atoms with Gasteiger partial charge in [-0.15, -0.1) is 0 Å². The normalized spacial score (nSPS) is 15.1. The predicted molar refractivity (Wildman–Crippen MR) is 70.3 cm³/mol. The first-order chi connectivity index (χ1) is 7.63. The lowest BCUT2D eigenvalue weighted by Crippen LogP contribution is -2.38. The van der Waals surface area contributed by atoms with Crippen molar-refractivity contribution in [3.05, 3.63) is 35.9 Å². The lowest BCUT2D eigenvalue weighted by Gasteiger charge is -2.23. The lowest BCUT2D eigenvalue weighted by atomic mass is 10.0. The molecule has 0 aliphatic rings. The van der Waals surface area contributed by atoms with Crippen LogP contribution in [0.4, 0.5) is 0 Å². The first-order valence-corrected chi connectivity index (χ1v) is 6.14. The van der Waals surface area contributed by atoms with E-state index in [1.807, 2.05) is 6.07 Å². The van der Waals surface area contributed by atoms with Gasteiger partial charge < -0.3 is 11.1 Å². The van der Waals surface area contributed by atoms with Crippen LogP contribution in [0.2, 0.25) is 0 Å². The van der Waals surface area contributed by atoms with Crippen molar-refractivity contribution in [1.82, 2.24) is 5.32 Å². The highest BCUT2D eigenvalue weighted by atomic mass is 15.0. The van der Waals surface area contributed by atoms with E-state index < -0.39 is 0 Å². The summed E-state index contributed by atoms with van der Waals surface area (Å²) in [4.78, 5) is 0. The smallest absolute Gasteiger partial charge is 0.0294 e. The molecule has 90 valence electrons. The van der Waals surface area contributed by atoms with E-state index in [9.17, 15) is 0 Å². The highest BCUT2D eigenvalue weighted by molar-refractivity contribution is 5.18.